The van der Waals surface area contributed by atoms with Crippen LogP contribution in [0, 0.1) is 0 Å². The van der Waals surface area contributed by atoms with Gasteiger partial charge in [0.2, 0.25) is 0 Å². The molecule has 17 heavy (non-hydrogen) atoms. The average Bonchev–Trinajstić information content (AvgIpc) is 2.39. The van der Waals surface area contributed by atoms with Gasteiger partial charge in [-0.3, -0.25) is 4.79 Å². The Bertz CT molecular complexity index is 518. The molecule has 86 valence electrons. The van der Waals surface area contributed by atoms with Gasteiger partial charge in [0.15, 0.2) is 6.29 Å². The van der Waals surface area contributed by atoms with Crippen molar-refractivity contribution in [2.24, 2.45) is 0 Å². The molecule has 0 bridgehead atoms. The Kier molecular flexibility index (Phi) is 3.24. The molecule has 0 unspecified atom stereocenters. The first-order valence-corrected chi connectivity index (χ1v) is 5.54. The first-order chi connectivity index (χ1) is 8.22. The summed E-state index contributed by atoms with van der Waals surface area (Å²) in [5.41, 5.74) is 3.86. The number of carbonyl (C=O) groups is 1. The molecule has 0 N–H and O–H groups in total. The standard InChI is InChI=1S/C15H15NO/c1-16(2)14-9-8-13(11-17)15(10-14)12-6-4-3-5-7-12/h3-11H,1-2H3. The molecule has 2 nitrogen and oxygen atoms in total. The van der Waals surface area contributed by atoms with Crippen LogP contribution in [0.25, 0.3) is 11.1 Å². The van der Waals surface area contributed by atoms with Crippen molar-refractivity contribution in [3.8, 4) is 11.1 Å². The number of hydrogen-bond acceptors (Lipinski definition) is 2. The Morgan fingerprint density at radius 2 is 1.71 bits per heavy atom. The molecule has 0 fully saturated rings. The lowest BCUT2D eigenvalue weighted by atomic mass is 9.99. The lowest BCUT2D eigenvalue weighted by Gasteiger charge is -2.15. The minimum atomic E-state index is 0.724. The van der Waals surface area contributed by atoms with Gasteiger partial charge in [0.05, 0.1) is 0 Å². The van der Waals surface area contributed by atoms with Gasteiger partial charge in [0, 0.05) is 25.3 Å². The van der Waals surface area contributed by atoms with Crippen molar-refractivity contribution in [3.05, 3.63) is 54.1 Å². The SMILES string of the molecule is CN(C)c1ccc(C=O)c(-c2ccccc2)c1. The van der Waals surface area contributed by atoms with Crippen LogP contribution in [0.1, 0.15) is 10.4 Å². The quantitative estimate of drug-likeness (QED) is 0.747. The van der Waals surface area contributed by atoms with Crippen LogP contribution < -0.4 is 4.90 Å². The monoisotopic (exact) mass is 225 g/mol. The van der Waals surface area contributed by atoms with E-state index in [0.717, 1.165) is 28.7 Å². The largest absolute Gasteiger partial charge is 0.378 e. The van der Waals surface area contributed by atoms with Gasteiger partial charge in [0.25, 0.3) is 0 Å². The Hall–Kier alpha value is -2.09. The molecule has 0 heterocycles. The molecule has 2 aromatic rings. The summed E-state index contributed by atoms with van der Waals surface area (Å²) in [6.07, 6.45) is 0.905. The number of nitrogens with zero attached hydrogens (tertiary/aromatic N) is 1. The van der Waals surface area contributed by atoms with Crippen LogP contribution in [0.2, 0.25) is 0 Å². The topological polar surface area (TPSA) is 20.3 Å². The van der Waals surface area contributed by atoms with Crippen LogP contribution >= 0.6 is 0 Å². The van der Waals surface area contributed by atoms with Crippen LogP contribution in [0.15, 0.2) is 48.5 Å². The predicted molar refractivity (Wildman–Crippen MR) is 71.6 cm³/mol. The number of anilines is 1. The highest BCUT2D eigenvalue weighted by Gasteiger charge is 2.06. The zero-order valence-corrected chi connectivity index (χ0v) is 10.1. The fourth-order valence-corrected chi connectivity index (χ4v) is 1.79. The number of aldehydes is 1. The highest BCUT2D eigenvalue weighted by atomic mass is 16.1. The lowest BCUT2D eigenvalue weighted by Crippen LogP contribution is -2.08. The Balaban J connectivity index is 2.58. The normalized spacial score (nSPS) is 10.0. The molecule has 2 aromatic carbocycles. The van der Waals surface area contributed by atoms with E-state index in [4.69, 9.17) is 0 Å². The Morgan fingerprint density at radius 3 is 2.29 bits per heavy atom. The minimum Gasteiger partial charge on any atom is -0.378 e. The Morgan fingerprint density at radius 1 is 1.00 bits per heavy atom. The van der Waals surface area contributed by atoms with E-state index < -0.39 is 0 Å². The van der Waals surface area contributed by atoms with Crippen molar-refractivity contribution >= 4 is 12.0 Å². The van der Waals surface area contributed by atoms with E-state index in [2.05, 4.69) is 0 Å². The summed E-state index contributed by atoms with van der Waals surface area (Å²) < 4.78 is 0. The van der Waals surface area contributed by atoms with Crippen molar-refractivity contribution < 1.29 is 4.79 Å². The smallest absolute Gasteiger partial charge is 0.150 e. The van der Waals surface area contributed by atoms with Crippen LogP contribution in [-0.2, 0) is 0 Å². The van der Waals surface area contributed by atoms with E-state index in [9.17, 15) is 4.79 Å². The first-order valence-electron chi connectivity index (χ1n) is 5.54. The van der Waals surface area contributed by atoms with Gasteiger partial charge in [-0.15, -0.1) is 0 Å². The van der Waals surface area contributed by atoms with Crippen LogP contribution in [0.3, 0.4) is 0 Å². The molecule has 0 amide bonds. The van der Waals surface area contributed by atoms with Gasteiger partial charge in [-0.05, 0) is 29.3 Å². The van der Waals surface area contributed by atoms with E-state index in [1.165, 1.54) is 0 Å². The summed E-state index contributed by atoms with van der Waals surface area (Å²) in [7, 11) is 3.98. The van der Waals surface area contributed by atoms with E-state index in [0.29, 0.717) is 0 Å². The summed E-state index contributed by atoms with van der Waals surface area (Å²) in [6.45, 7) is 0. The van der Waals surface area contributed by atoms with Crippen molar-refractivity contribution in [2.75, 3.05) is 19.0 Å². The van der Waals surface area contributed by atoms with Crippen molar-refractivity contribution in [3.63, 3.8) is 0 Å². The van der Waals surface area contributed by atoms with Crippen molar-refractivity contribution in [1.82, 2.24) is 0 Å². The van der Waals surface area contributed by atoms with Crippen LogP contribution in [0.4, 0.5) is 5.69 Å². The summed E-state index contributed by atoms with van der Waals surface area (Å²) in [6, 6.07) is 15.8. The molecule has 0 radical (unpaired) electrons. The van der Waals surface area contributed by atoms with E-state index >= 15 is 0 Å². The second-order valence-electron chi connectivity index (χ2n) is 4.15. The first kappa shape index (κ1) is 11.4. The second-order valence-corrected chi connectivity index (χ2v) is 4.15. The van der Waals surface area contributed by atoms with E-state index in [-0.39, 0.29) is 0 Å². The number of hydrogen-bond donors (Lipinski definition) is 0. The van der Waals surface area contributed by atoms with Crippen LogP contribution in [0.5, 0.6) is 0 Å². The average molecular weight is 225 g/mol. The molecule has 0 saturated carbocycles. The van der Waals surface area contributed by atoms with Crippen molar-refractivity contribution in [2.45, 2.75) is 0 Å². The predicted octanol–water partition coefficient (Wildman–Crippen LogP) is 3.23. The number of rotatable bonds is 3. The van der Waals surface area contributed by atoms with Gasteiger partial charge in [-0.25, -0.2) is 0 Å². The van der Waals surface area contributed by atoms with E-state index in [1.54, 1.807) is 0 Å². The number of benzene rings is 2. The van der Waals surface area contributed by atoms with Gasteiger partial charge in [-0.2, -0.15) is 0 Å². The van der Waals surface area contributed by atoms with Gasteiger partial charge in [-0.1, -0.05) is 30.3 Å². The van der Waals surface area contributed by atoms with Crippen LogP contribution in [-0.4, -0.2) is 20.4 Å². The maximum absolute atomic E-state index is 11.1. The third-order valence-electron chi connectivity index (χ3n) is 2.77. The van der Waals surface area contributed by atoms with E-state index in [1.807, 2.05) is 67.5 Å². The molecule has 0 aliphatic heterocycles. The minimum absolute atomic E-state index is 0.724. The maximum Gasteiger partial charge on any atom is 0.150 e. The molecule has 0 aliphatic rings. The molecule has 0 spiro atoms. The third kappa shape index (κ3) is 2.36. The number of carbonyl (C=O) groups excluding carboxylic acids is 1. The van der Waals surface area contributed by atoms with Crippen molar-refractivity contribution in [1.29, 1.82) is 0 Å². The highest BCUT2D eigenvalue weighted by Crippen LogP contribution is 2.26. The third-order valence-corrected chi connectivity index (χ3v) is 2.77. The highest BCUT2D eigenvalue weighted by molar-refractivity contribution is 5.89. The molecule has 0 atom stereocenters. The fourth-order valence-electron chi connectivity index (χ4n) is 1.79. The molecule has 0 saturated heterocycles. The summed E-state index contributed by atoms with van der Waals surface area (Å²) in [4.78, 5) is 13.1. The zero-order valence-electron chi connectivity index (χ0n) is 10.1. The molecule has 0 aliphatic carbocycles. The molecule has 2 heteroatoms. The Labute approximate surface area is 102 Å². The van der Waals surface area contributed by atoms with Gasteiger partial charge in [0.1, 0.15) is 0 Å². The maximum atomic E-state index is 11.1. The zero-order chi connectivity index (χ0) is 12.3. The second kappa shape index (κ2) is 4.83. The fraction of sp³-hybridized carbons (Fsp3) is 0.133. The molecule has 2 rings (SSSR count). The summed E-state index contributed by atoms with van der Waals surface area (Å²) >= 11 is 0. The lowest BCUT2D eigenvalue weighted by molar-refractivity contribution is 0.112. The molecular formula is C15H15NO. The van der Waals surface area contributed by atoms with Gasteiger partial charge >= 0.3 is 0 Å². The summed E-state index contributed by atoms with van der Waals surface area (Å²) in [5, 5.41) is 0. The van der Waals surface area contributed by atoms with Gasteiger partial charge < -0.3 is 4.90 Å². The molecular weight excluding hydrogens is 210 g/mol. The summed E-state index contributed by atoms with van der Waals surface area (Å²) in [5.74, 6) is 0. The molecule has 0 aromatic heterocycles.